The molecule has 1 aromatic carbocycles. The molecule has 3 aliphatic heterocycles. The van der Waals surface area contributed by atoms with E-state index in [1.165, 1.54) is 0 Å². The molecule has 0 spiro atoms. The number of fused-ring (bicyclic) bond motifs is 1. The fourth-order valence-corrected chi connectivity index (χ4v) is 6.93. The molecule has 1 atom stereocenters. The fraction of sp³-hybridized carbons (Fsp3) is 0.600. The van der Waals surface area contributed by atoms with Gasteiger partial charge in [-0.25, -0.2) is 13.4 Å². The minimum absolute atomic E-state index is 0.0256. The van der Waals surface area contributed by atoms with E-state index in [0.29, 0.717) is 36.4 Å². The van der Waals surface area contributed by atoms with E-state index < -0.39 is 10.0 Å². The number of aromatic nitrogens is 1. The molecule has 3 aliphatic rings. The molecule has 4 heterocycles. The molecular weight excluding hydrogens is 436 g/mol. The normalized spacial score (nSPS) is 23.4. The average molecular weight is 471 g/mol. The van der Waals surface area contributed by atoms with Gasteiger partial charge >= 0.3 is 0 Å². The van der Waals surface area contributed by atoms with Crippen molar-refractivity contribution < 1.29 is 13.2 Å². The number of nitrogens with zero attached hydrogens (tertiary/aromatic N) is 4. The summed E-state index contributed by atoms with van der Waals surface area (Å²) in [5.41, 5.74) is 0.784. The number of rotatable bonds is 4. The standard InChI is InChI=1S/C25H34N4O3S/c1-19-10-15-27(16-11-19)25(30)21-5-4-12-28(18-21)24-9-6-20-17-22(7-8-23(20)26-24)33(31,32)29-13-2-3-14-29/h6-9,17,19,21H,2-5,10-16,18H2,1H3/t21-/m1/s1. The summed E-state index contributed by atoms with van der Waals surface area (Å²) >= 11 is 0. The quantitative estimate of drug-likeness (QED) is 0.684. The molecular formula is C25H34N4O3S. The molecule has 0 unspecified atom stereocenters. The number of carbonyl (C=O) groups excluding carboxylic acids is 1. The molecule has 0 aliphatic carbocycles. The summed E-state index contributed by atoms with van der Waals surface area (Å²) in [6.07, 6.45) is 5.97. The third-order valence-electron chi connectivity index (χ3n) is 7.54. The Kier molecular flexibility index (Phi) is 6.31. The molecule has 8 heteroatoms. The van der Waals surface area contributed by atoms with Crippen LogP contribution in [-0.4, -0.2) is 67.8 Å². The van der Waals surface area contributed by atoms with Gasteiger partial charge in [0.25, 0.3) is 0 Å². The average Bonchev–Trinajstić information content (AvgIpc) is 3.40. The van der Waals surface area contributed by atoms with Gasteiger partial charge in [-0.1, -0.05) is 6.92 Å². The van der Waals surface area contributed by atoms with Crippen molar-refractivity contribution in [1.82, 2.24) is 14.2 Å². The van der Waals surface area contributed by atoms with E-state index in [-0.39, 0.29) is 5.92 Å². The van der Waals surface area contributed by atoms with Gasteiger partial charge in [-0.3, -0.25) is 4.79 Å². The number of sulfonamides is 1. The first-order valence-electron chi connectivity index (χ1n) is 12.4. The molecule has 3 saturated heterocycles. The van der Waals surface area contributed by atoms with Crippen molar-refractivity contribution in [3.8, 4) is 0 Å². The van der Waals surface area contributed by atoms with E-state index in [0.717, 1.165) is 74.9 Å². The van der Waals surface area contributed by atoms with Crippen LogP contribution < -0.4 is 4.90 Å². The van der Waals surface area contributed by atoms with Gasteiger partial charge in [-0.2, -0.15) is 4.31 Å². The second-order valence-electron chi connectivity index (χ2n) is 9.93. The van der Waals surface area contributed by atoms with E-state index in [9.17, 15) is 13.2 Å². The van der Waals surface area contributed by atoms with Crippen molar-refractivity contribution >= 4 is 32.7 Å². The molecule has 0 radical (unpaired) electrons. The monoisotopic (exact) mass is 470 g/mol. The molecule has 5 rings (SSSR count). The lowest BCUT2D eigenvalue weighted by Gasteiger charge is -2.37. The number of piperidine rings is 2. The lowest BCUT2D eigenvalue weighted by atomic mass is 9.93. The van der Waals surface area contributed by atoms with Crippen LogP contribution in [0.1, 0.15) is 45.4 Å². The van der Waals surface area contributed by atoms with Crippen LogP contribution in [-0.2, 0) is 14.8 Å². The molecule has 0 saturated carbocycles. The minimum atomic E-state index is -3.44. The number of likely N-dealkylation sites (tertiary alicyclic amines) is 1. The zero-order chi connectivity index (χ0) is 23.0. The molecule has 3 fully saturated rings. The molecule has 1 amide bonds. The fourth-order valence-electron chi connectivity index (χ4n) is 5.38. The maximum Gasteiger partial charge on any atom is 0.243 e. The van der Waals surface area contributed by atoms with Crippen LogP contribution in [0.2, 0.25) is 0 Å². The number of amides is 1. The SMILES string of the molecule is CC1CCN(C(=O)[C@@H]2CCCN(c3ccc4cc(S(=O)(=O)N5CCCC5)ccc4n3)C2)CC1. The first-order chi connectivity index (χ1) is 15.9. The van der Waals surface area contributed by atoms with Gasteiger partial charge in [0.2, 0.25) is 15.9 Å². The van der Waals surface area contributed by atoms with Crippen molar-refractivity contribution in [2.24, 2.45) is 11.8 Å². The lowest BCUT2D eigenvalue weighted by Crippen LogP contribution is -2.47. The second-order valence-corrected chi connectivity index (χ2v) is 11.9. The third kappa shape index (κ3) is 4.60. The highest BCUT2D eigenvalue weighted by atomic mass is 32.2. The Hall–Kier alpha value is -2.19. The third-order valence-corrected chi connectivity index (χ3v) is 9.43. The van der Waals surface area contributed by atoms with Gasteiger partial charge in [0, 0.05) is 44.7 Å². The summed E-state index contributed by atoms with van der Waals surface area (Å²) in [6, 6.07) is 9.14. The Bertz CT molecular complexity index is 1120. The second kappa shape index (κ2) is 9.22. The number of pyridine rings is 1. The summed E-state index contributed by atoms with van der Waals surface area (Å²) in [5.74, 6) is 1.90. The van der Waals surface area contributed by atoms with E-state index in [2.05, 4.69) is 16.7 Å². The summed E-state index contributed by atoms with van der Waals surface area (Å²) in [4.78, 5) is 22.5. The Morgan fingerprint density at radius 2 is 1.70 bits per heavy atom. The zero-order valence-corrected chi connectivity index (χ0v) is 20.3. The molecule has 0 N–H and O–H groups in total. The number of carbonyl (C=O) groups is 1. The van der Waals surface area contributed by atoms with Crippen LogP contribution in [0.3, 0.4) is 0 Å². The highest BCUT2D eigenvalue weighted by Gasteiger charge is 2.31. The Morgan fingerprint density at radius 1 is 0.939 bits per heavy atom. The van der Waals surface area contributed by atoms with Crippen molar-refractivity contribution in [2.45, 2.75) is 50.3 Å². The van der Waals surface area contributed by atoms with E-state index in [1.54, 1.807) is 16.4 Å². The van der Waals surface area contributed by atoms with Crippen molar-refractivity contribution in [1.29, 1.82) is 0 Å². The highest BCUT2D eigenvalue weighted by molar-refractivity contribution is 7.89. The predicted molar refractivity (Wildman–Crippen MR) is 130 cm³/mol. The van der Waals surface area contributed by atoms with Crippen LogP contribution >= 0.6 is 0 Å². The van der Waals surface area contributed by atoms with Gasteiger partial charge in [-0.05, 0) is 74.8 Å². The minimum Gasteiger partial charge on any atom is -0.356 e. The first-order valence-corrected chi connectivity index (χ1v) is 13.8. The molecule has 7 nitrogen and oxygen atoms in total. The maximum absolute atomic E-state index is 13.1. The molecule has 178 valence electrons. The van der Waals surface area contributed by atoms with Crippen LogP contribution in [0, 0.1) is 11.8 Å². The summed E-state index contributed by atoms with van der Waals surface area (Å²) in [6.45, 7) is 6.82. The van der Waals surface area contributed by atoms with Crippen molar-refractivity contribution in [2.75, 3.05) is 44.2 Å². The van der Waals surface area contributed by atoms with Gasteiger partial charge in [0.1, 0.15) is 5.82 Å². The summed E-state index contributed by atoms with van der Waals surface area (Å²) in [5, 5.41) is 0.825. The van der Waals surface area contributed by atoms with Crippen LogP contribution in [0.25, 0.3) is 10.9 Å². The first kappa shape index (κ1) is 22.6. The molecule has 0 bridgehead atoms. The van der Waals surface area contributed by atoms with Gasteiger partial charge in [0.15, 0.2) is 0 Å². The highest BCUT2D eigenvalue weighted by Crippen LogP contribution is 2.28. The Balaban J connectivity index is 1.31. The van der Waals surface area contributed by atoms with Crippen LogP contribution in [0.4, 0.5) is 5.82 Å². The Morgan fingerprint density at radius 3 is 2.45 bits per heavy atom. The van der Waals surface area contributed by atoms with E-state index in [4.69, 9.17) is 4.98 Å². The van der Waals surface area contributed by atoms with Gasteiger partial charge in [-0.15, -0.1) is 0 Å². The Labute approximate surface area is 196 Å². The van der Waals surface area contributed by atoms with Crippen molar-refractivity contribution in [3.63, 3.8) is 0 Å². The molecule has 1 aromatic heterocycles. The molecule has 2 aromatic rings. The topological polar surface area (TPSA) is 73.8 Å². The number of benzene rings is 1. The zero-order valence-electron chi connectivity index (χ0n) is 19.4. The van der Waals surface area contributed by atoms with Gasteiger partial charge in [0.05, 0.1) is 16.3 Å². The summed E-state index contributed by atoms with van der Waals surface area (Å²) in [7, 11) is -3.44. The smallest absolute Gasteiger partial charge is 0.243 e. The maximum atomic E-state index is 13.1. The lowest BCUT2D eigenvalue weighted by molar-refractivity contribution is -0.137. The number of anilines is 1. The largest absolute Gasteiger partial charge is 0.356 e. The summed E-state index contributed by atoms with van der Waals surface area (Å²) < 4.78 is 27.4. The number of hydrogen-bond acceptors (Lipinski definition) is 5. The predicted octanol–water partition coefficient (Wildman–Crippen LogP) is 3.49. The van der Waals surface area contributed by atoms with E-state index in [1.807, 2.05) is 18.2 Å². The van der Waals surface area contributed by atoms with E-state index >= 15 is 0 Å². The van der Waals surface area contributed by atoms with Crippen LogP contribution in [0.5, 0.6) is 0 Å². The van der Waals surface area contributed by atoms with Crippen LogP contribution in [0.15, 0.2) is 35.2 Å². The molecule has 33 heavy (non-hydrogen) atoms. The van der Waals surface area contributed by atoms with Gasteiger partial charge < -0.3 is 9.80 Å². The number of hydrogen-bond donors (Lipinski definition) is 0. The van der Waals surface area contributed by atoms with Crippen molar-refractivity contribution in [3.05, 3.63) is 30.3 Å².